The first-order chi connectivity index (χ1) is 15.8. The van der Waals surface area contributed by atoms with Crippen LogP contribution in [0.15, 0.2) is 29.2 Å². The smallest absolute Gasteiger partial charge is 0.341 e. The van der Waals surface area contributed by atoms with Crippen molar-refractivity contribution in [2.24, 2.45) is 0 Å². The van der Waals surface area contributed by atoms with E-state index < -0.39 is 16.0 Å². The van der Waals surface area contributed by atoms with Gasteiger partial charge in [-0.05, 0) is 68.4 Å². The summed E-state index contributed by atoms with van der Waals surface area (Å²) in [6, 6.07) is 6.01. The van der Waals surface area contributed by atoms with Gasteiger partial charge in [0.25, 0.3) is 5.91 Å². The van der Waals surface area contributed by atoms with E-state index in [9.17, 15) is 18.0 Å². The number of sulfonamides is 1. The Balaban J connectivity index is 1.54. The molecule has 0 saturated heterocycles. The number of carbonyl (C=O) groups excluding carboxylic acids is 2. The molecular weight excluding hydrogens is 460 g/mol. The zero-order chi connectivity index (χ0) is 23.6. The van der Waals surface area contributed by atoms with Gasteiger partial charge in [0.2, 0.25) is 10.0 Å². The third kappa shape index (κ3) is 4.85. The van der Waals surface area contributed by atoms with E-state index in [0.717, 1.165) is 68.2 Å². The topological polar surface area (TPSA) is 92.8 Å². The van der Waals surface area contributed by atoms with Gasteiger partial charge in [-0.15, -0.1) is 11.3 Å². The van der Waals surface area contributed by atoms with Crippen LogP contribution in [0.1, 0.15) is 76.1 Å². The molecule has 1 saturated carbocycles. The number of thiophene rings is 1. The second kappa shape index (κ2) is 9.95. The molecule has 0 bridgehead atoms. The van der Waals surface area contributed by atoms with E-state index in [1.54, 1.807) is 7.05 Å². The monoisotopic (exact) mass is 490 g/mol. The number of nitrogens with zero attached hydrogens (tertiary/aromatic N) is 1. The minimum absolute atomic E-state index is 0.0313. The average molecular weight is 491 g/mol. The van der Waals surface area contributed by atoms with Crippen molar-refractivity contribution < 1.29 is 22.7 Å². The van der Waals surface area contributed by atoms with Crippen molar-refractivity contribution in [3.05, 3.63) is 45.8 Å². The van der Waals surface area contributed by atoms with Gasteiger partial charge in [-0.25, -0.2) is 13.2 Å². The van der Waals surface area contributed by atoms with Crippen molar-refractivity contribution in [2.45, 2.75) is 68.7 Å². The highest BCUT2D eigenvalue weighted by atomic mass is 32.2. The molecule has 0 unspecified atom stereocenters. The average Bonchev–Trinajstić information content (AvgIpc) is 3.41. The quantitative estimate of drug-likeness (QED) is 0.471. The number of amides is 1. The Hall–Kier alpha value is -2.23. The largest absolute Gasteiger partial charge is 0.465 e. The van der Waals surface area contributed by atoms with Crippen LogP contribution >= 0.6 is 11.3 Å². The Morgan fingerprint density at radius 3 is 2.36 bits per heavy atom. The summed E-state index contributed by atoms with van der Waals surface area (Å²) in [5, 5.41) is 3.36. The Morgan fingerprint density at radius 2 is 1.70 bits per heavy atom. The molecule has 1 heterocycles. The van der Waals surface area contributed by atoms with Crippen molar-refractivity contribution in [3.8, 4) is 0 Å². The van der Waals surface area contributed by atoms with Crippen molar-refractivity contribution in [2.75, 3.05) is 19.5 Å². The molecule has 1 N–H and O–H groups in total. The molecule has 1 aromatic heterocycles. The summed E-state index contributed by atoms with van der Waals surface area (Å²) in [7, 11) is -0.638. The number of methoxy groups -OCH3 is 1. The lowest BCUT2D eigenvalue weighted by molar-refractivity contribution is 0.0601. The van der Waals surface area contributed by atoms with Gasteiger partial charge in [0.1, 0.15) is 5.00 Å². The van der Waals surface area contributed by atoms with E-state index >= 15 is 0 Å². The molecule has 2 aliphatic carbocycles. The molecule has 178 valence electrons. The van der Waals surface area contributed by atoms with Gasteiger partial charge in [-0.3, -0.25) is 4.79 Å². The van der Waals surface area contributed by atoms with Crippen molar-refractivity contribution >= 4 is 38.2 Å². The Bertz CT molecular complexity index is 1130. The van der Waals surface area contributed by atoms with E-state index in [-0.39, 0.29) is 16.8 Å². The lowest BCUT2D eigenvalue weighted by atomic mass is 10.1. The van der Waals surface area contributed by atoms with Gasteiger partial charge in [-0.1, -0.05) is 19.3 Å². The van der Waals surface area contributed by atoms with Gasteiger partial charge < -0.3 is 10.1 Å². The summed E-state index contributed by atoms with van der Waals surface area (Å²) in [5.74, 6) is -0.828. The van der Waals surface area contributed by atoms with Crippen LogP contribution in [0.4, 0.5) is 5.00 Å². The number of esters is 1. The molecule has 0 spiro atoms. The molecule has 1 aromatic carbocycles. The molecule has 0 radical (unpaired) electrons. The maximum atomic E-state index is 13.0. The second-order valence-electron chi connectivity index (χ2n) is 8.70. The standard InChI is InChI=1S/C24H30N2O5S2/c1-26(17-8-6-7-9-17)33(29,30)18-14-12-16(13-15-18)22(27)25-23-21(24(28)31-2)19-10-4-3-5-11-20(19)32-23/h12-15,17H,3-11H2,1-2H3,(H,25,27). The van der Waals surface area contributed by atoms with Crippen LogP contribution in [0.3, 0.4) is 0 Å². The first-order valence-corrected chi connectivity index (χ1v) is 13.7. The van der Waals surface area contributed by atoms with Crippen molar-refractivity contribution in [1.82, 2.24) is 4.31 Å². The molecule has 1 amide bonds. The highest BCUT2D eigenvalue weighted by Crippen LogP contribution is 2.38. The van der Waals surface area contributed by atoms with Crippen molar-refractivity contribution in [1.29, 1.82) is 0 Å². The third-order valence-corrected chi connectivity index (χ3v) is 9.80. The Morgan fingerprint density at radius 1 is 1.03 bits per heavy atom. The number of rotatable bonds is 6. The summed E-state index contributed by atoms with van der Waals surface area (Å²) in [4.78, 5) is 26.7. The van der Waals surface area contributed by atoms with E-state index in [2.05, 4.69) is 5.32 Å². The lowest BCUT2D eigenvalue weighted by Gasteiger charge is -2.23. The number of hydrogen-bond donors (Lipinski definition) is 1. The van der Waals surface area contributed by atoms with Gasteiger partial charge in [-0.2, -0.15) is 4.31 Å². The fourth-order valence-corrected chi connectivity index (χ4v) is 7.42. The molecule has 33 heavy (non-hydrogen) atoms. The van der Waals surface area contributed by atoms with Gasteiger partial charge in [0.05, 0.1) is 17.6 Å². The van der Waals surface area contributed by atoms with E-state index in [1.165, 1.54) is 47.0 Å². The molecular formula is C24H30N2O5S2. The number of nitrogens with one attached hydrogen (secondary N) is 1. The molecule has 2 aliphatic rings. The maximum absolute atomic E-state index is 13.0. The number of carbonyl (C=O) groups is 2. The van der Waals surface area contributed by atoms with Crippen LogP contribution < -0.4 is 5.32 Å². The van der Waals surface area contributed by atoms with Gasteiger partial charge in [0.15, 0.2) is 0 Å². The predicted octanol–water partition coefficient (Wildman–Crippen LogP) is 4.62. The fraction of sp³-hybridized carbons (Fsp3) is 0.500. The maximum Gasteiger partial charge on any atom is 0.341 e. The second-order valence-corrected chi connectivity index (χ2v) is 11.8. The molecule has 1 fully saturated rings. The fourth-order valence-electron chi connectivity index (χ4n) is 4.73. The van der Waals surface area contributed by atoms with Gasteiger partial charge >= 0.3 is 5.97 Å². The molecule has 9 heteroatoms. The Labute approximate surface area is 199 Å². The van der Waals surface area contributed by atoms with Crippen LogP contribution in [0.25, 0.3) is 0 Å². The normalized spacial score (nSPS) is 16.9. The number of benzene rings is 1. The minimum Gasteiger partial charge on any atom is -0.465 e. The van der Waals surface area contributed by atoms with Crippen LogP contribution in [0.5, 0.6) is 0 Å². The summed E-state index contributed by atoms with van der Waals surface area (Å²) in [5.41, 5.74) is 1.76. The summed E-state index contributed by atoms with van der Waals surface area (Å²) in [6.07, 6.45) is 8.72. The molecule has 4 rings (SSSR count). The summed E-state index contributed by atoms with van der Waals surface area (Å²) < 4.78 is 32.4. The number of aryl methyl sites for hydroxylation is 1. The third-order valence-electron chi connectivity index (χ3n) is 6.67. The number of hydrogen-bond acceptors (Lipinski definition) is 6. The molecule has 7 nitrogen and oxygen atoms in total. The van der Waals surface area contributed by atoms with E-state index in [4.69, 9.17) is 4.74 Å². The Kier molecular flexibility index (Phi) is 7.21. The minimum atomic E-state index is -3.61. The molecule has 0 aliphatic heterocycles. The highest BCUT2D eigenvalue weighted by Gasteiger charge is 2.30. The zero-order valence-electron chi connectivity index (χ0n) is 19.1. The summed E-state index contributed by atoms with van der Waals surface area (Å²) >= 11 is 1.43. The highest BCUT2D eigenvalue weighted by molar-refractivity contribution is 7.89. The van der Waals surface area contributed by atoms with Crippen LogP contribution in [0, 0.1) is 0 Å². The van der Waals surface area contributed by atoms with Gasteiger partial charge in [0, 0.05) is 23.5 Å². The molecule has 2 aromatic rings. The van der Waals surface area contributed by atoms with Crippen molar-refractivity contribution in [3.63, 3.8) is 0 Å². The van der Waals surface area contributed by atoms with Crippen LogP contribution in [0.2, 0.25) is 0 Å². The van der Waals surface area contributed by atoms with Crippen LogP contribution in [-0.2, 0) is 27.6 Å². The predicted molar refractivity (Wildman–Crippen MR) is 129 cm³/mol. The van der Waals surface area contributed by atoms with E-state index in [1.807, 2.05) is 0 Å². The van der Waals surface area contributed by atoms with Crippen LogP contribution in [-0.4, -0.2) is 44.8 Å². The first kappa shape index (κ1) is 23.9. The number of anilines is 1. The van der Waals surface area contributed by atoms with E-state index in [0.29, 0.717) is 16.1 Å². The lowest BCUT2D eigenvalue weighted by Crippen LogP contribution is -2.35. The number of ether oxygens (including phenoxy) is 1. The zero-order valence-corrected chi connectivity index (χ0v) is 20.7. The SMILES string of the molecule is COC(=O)c1c(NC(=O)c2ccc(S(=O)(=O)N(C)C3CCCC3)cc2)sc2c1CCCCC2. The summed E-state index contributed by atoms with van der Waals surface area (Å²) in [6.45, 7) is 0. The first-order valence-electron chi connectivity index (χ1n) is 11.4. The molecule has 0 atom stereocenters. The number of fused-ring (bicyclic) bond motifs is 1.